The molecule has 2 heterocycles. The number of nitrogens with zero attached hydrogens (tertiary/aromatic N) is 1. The molecule has 2 nitrogen and oxygen atoms in total. The van der Waals surface area contributed by atoms with E-state index in [1.54, 1.807) is 5.57 Å². The van der Waals surface area contributed by atoms with E-state index in [1.807, 2.05) is 0 Å². The summed E-state index contributed by atoms with van der Waals surface area (Å²) in [5.41, 5.74) is 19.2. The zero-order chi connectivity index (χ0) is 34.8. The maximum absolute atomic E-state index is 6.41. The third-order valence-electron chi connectivity index (χ3n) is 12.7. The molecule has 5 aliphatic rings. The molecule has 0 N–H and O–H groups in total. The number of epoxide rings is 1. The largest absolute Gasteiger partial charge is 0.359 e. The van der Waals surface area contributed by atoms with Gasteiger partial charge in [0.05, 0.1) is 0 Å². The molecule has 5 aromatic rings. The van der Waals surface area contributed by atoms with Crippen LogP contribution in [0.3, 0.4) is 0 Å². The van der Waals surface area contributed by atoms with Crippen molar-refractivity contribution in [3.63, 3.8) is 0 Å². The number of halogens is 2. The number of hydrogen-bond donors (Lipinski definition) is 0. The Labute approximate surface area is 318 Å². The van der Waals surface area contributed by atoms with Crippen LogP contribution in [0.15, 0.2) is 129 Å². The standard InChI is InChI=1S/C47H41Br2NO/c1-46(2)36-15-7-5-13-29(36)31(30-14-6-8-16-37(30)46)21-27-22-32-33-23-28(41(49)25-35(33)45-44(51-45)34(32)24-40(27)48)26-50-42-19-11-9-17-38(42)47(3,4)39-18-10-12-20-43(39)50/h5-9,11-17,19-20,22-25,31,44-45H,10,18,21,26H2,1-4H3. The van der Waals surface area contributed by atoms with Crippen LogP contribution in [0, 0.1) is 0 Å². The third kappa shape index (κ3) is 4.75. The summed E-state index contributed by atoms with van der Waals surface area (Å²) < 4.78 is 8.73. The van der Waals surface area contributed by atoms with Crippen molar-refractivity contribution in [2.45, 2.75) is 82.5 Å². The van der Waals surface area contributed by atoms with Crippen molar-refractivity contribution in [3.05, 3.63) is 180 Å². The van der Waals surface area contributed by atoms with Crippen LogP contribution < -0.4 is 4.90 Å². The third-order valence-corrected chi connectivity index (χ3v) is 14.1. The lowest BCUT2D eigenvalue weighted by molar-refractivity contribution is 0.380. The first-order valence-electron chi connectivity index (χ1n) is 18.4. The van der Waals surface area contributed by atoms with Crippen LogP contribution in [0.1, 0.15) is 109 Å². The lowest BCUT2D eigenvalue weighted by atomic mass is 9.64. The molecule has 0 saturated carbocycles. The van der Waals surface area contributed by atoms with Crippen molar-refractivity contribution in [3.8, 4) is 11.1 Å². The molecule has 1 fully saturated rings. The average Bonchev–Trinajstić information content (AvgIpc) is 3.95. The van der Waals surface area contributed by atoms with Crippen molar-refractivity contribution < 1.29 is 4.74 Å². The van der Waals surface area contributed by atoms with E-state index in [9.17, 15) is 0 Å². The van der Waals surface area contributed by atoms with Crippen molar-refractivity contribution >= 4 is 37.5 Å². The van der Waals surface area contributed by atoms with Gasteiger partial charge in [0.1, 0.15) is 12.2 Å². The molecule has 10 rings (SSSR count). The van der Waals surface area contributed by atoms with Gasteiger partial charge in [-0.1, -0.05) is 132 Å². The van der Waals surface area contributed by atoms with E-state index in [1.165, 1.54) is 77.1 Å². The highest BCUT2D eigenvalue weighted by Crippen LogP contribution is 2.61. The zero-order valence-electron chi connectivity index (χ0n) is 29.6. The second-order valence-electron chi connectivity index (χ2n) is 16.1. The molecule has 4 heteroatoms. The molecule has 3 aliphatic carbocycles. The lowest BCUT2D eigenvalue weighted by Crippen LogP contribution is -2.36. The van der Waals surface area contributed by atoms with Gasteiger partial charge in [-0.15, -0.1) is 0 Å². The predicted molar refractivity (Wildman–Crippen MR) is 215 cm³/mol. The number of fused-ring (bicyclic) bond motifs is 9. The molecule has 51 heavy (non-hydrogen) atoms. The van der Waals surface area contributed by atoms with E-state index in [-0.39, 0.29) is 29.0 Å². The van der Waals surface area contributed by atoms with E-state index in [2.05, 4.69) is 174 Å². The molecule has 254 valence electrons. The highest BCUT2D eigenvalue weighted by molar-refractivity contribution is 9.10. The van der Waals surface area contributed by atoms with Gasteiger partial charge in [0.15, 0.2) is 0 Å². The Balaban J connectivity index is 1.07. The fraction of sp³-hybridized carbons (Fsp3) is 0.277. The topological polar surface area (TPSA) is 15.8 Å². The molecule has 0 radical (unpaired) electrons. The number of anilines is 1. The van der Waals surface area contributed by atoms with E-state index < -0.39 is 0 Å². The summed E-state index contributed by atoms with van der Waals surface area (Å²) in [6.07, 6.45) is 8.08. The first-order chi connectivity index (χ1) is 24.6. The Hall–Kier alpha value is -3.70. The molecular formula is C47H41Br2NO. The highest BCUT2D eigenvalue weighted by Gasteiger charge is 2.48. The summed E-state index contributed by atoms with van der Waals surface area (Å²) in [4.78, 5) is 2.56. The molecular weight excluding hydrogens is 754 g/mol. The van der Waals surface area contributed by atoms with Gasteiger partial charge in [-0.05, 0) is 122 Å². The Morgan fingerprint density at radius 3 is 1.90 bits per heavy atom. The zero-order valence-corrected chi connectivity index (χ0v) is 32.7. The predicted octanol–water partition coefficient (Wildman–Crippen LogP) is 12.9. The van der Waals surface area contributed by atoms with Crippen LogP contribution in [0.25, 0.3) is 11.1 Å². The molecule has 5 aromatic carbocycles. The van der Waals surface area contributed by atoms with E-state index in [0.717, 1.165) is 30.3 Å². The first-order valence-corrected chi connectivity index (χ1v) is 20.0. The second kappa shape index (κ2) is 11.4. The first kappa shape index (κ1) is 32.0. The number of ether oxygens (including phenoxy) is 1. The minimum atomic E-state index is -0.0350. The number of allylic oxidation sites excluding steroid dienone is 3. The Bertz CT molecular complexity index is 2310. The Morgan fingerprint density at radius 2 is 1.24 bits per heavy atom. The fourth-order valence-corrected chi connectivity index (χ4v) is 11.0. The average molecular weight is 796 g/mol. The van der Waals surface area contributed by atoms with Gasteiger partial charge in [-0.2, -0.15) is 0 Å². The van der Waals surface area contributed by atoms with E-state index in [4.69, 9.17) is 4.74 Å². The molecule has 0 spiro atoms. The minimum Gasteiger partial charge on any atom is -0.359 e. The van der Waals surface area contributed by atoms with Gasteiger partial charge in [0.2, 0.25) is 0 Å². The minimum absolute atomic E-state index is 0.0104. The maximum atomic E-state index is 6.41. The van der Waals surface area contributed by atoms with Gasteiger partial charge in [-0.3, -0.25) is 0 Å². The summed E-state index contributed by atoms with van der Waals surface area (Å²) in [5, 5.41) is 0. The molecule has 0 bridgehead atoms. The second-order valence-corrected chi connectivity index (χ2v) is 17.8. The highest BCUT2D eigenvalue weighted by atomic mass is 79.9. The van der Waals surface area contributed by atoms with Crippen LogP contribution in [-0.2, 0) is 28.5 Å². The number of rotatable bonds is 4. The van der Waals surface area contributed by atoms with Gasteiger partial charge in [-0.25, -0.2) is 0 Å². The smallest absolute Gasteiger partial charge is 0.114 e. The van der Waals surface area contributed by atoms with Crippen LogP contribution in [-0.4, -0.2) is 0 Å². The Morgan fingerprint density at radius 1 is 0.667 bits per heavy atom. The van der Waals surface area contributed by atoms with Gasteiger partial charge < -0.3 is 9.64 Å². The Kier molecular flexibility index (Phi) is 7.15. The van der Waals surface area contributed by atoms with Crippen LogP contribution in [0.5, 0.6) is 0 Å². The molecule has 2 aliphatic heterocycles. The SMILES string of the molecule is CC1(C)C2=C(C=CCC2)N(Cc2cc3c(cc2Br)C2OC2c2cc(Br)c(CC4c5ccccc5C(C)(C)c5ccccc54)cc2-3)c2ccccc21. The normalized spacial score (nSPS) is 21.5. The van der Waals surface area contributed by atoms with Crippen molar-refractivity contribution in [1.82, 2.24) is 0 Å². The van der Waals surface area contributed by atoms with Crippen molar-refractivity contribution in [2.24, 2.45) is 0 Å². The monoisotopic (exact) mass is 793 g/mol. The molecule has 0 aromatic heterocycles. The maximum Gasteiger partial charge on any atom is 0.114 e. The fourth-order valence-electron chi connectivity index (χ4n) is 9.97. The van der Waals surface area contributed by atoms with Crippen molar-refractivity contribution in [1.29, 1.82) is 0 Å². The van der Waals surface area contributed by atoms with Crippen LogP contribution >= 0.6 is 31.9 Å². The van der Waals surface area contributed by atoms with Gasteiger partial charge in [0, 0.05) is 43.6 Å². The van der Waals surface area contributed by atoms with Gasteiger partial charge in [0.25, 0.3) is 0 Å². The van der Waals surface area contributed by atoms with E-state index >= 15 is 0 Å². The molecule has 1 saturated heterocycles. The van der Waals surface area contributed by atoms with Gasteiger partial charge >= 0.3 is 0 Å². The van der Waals surface area contributed by atoms with E-state index in [0.29, 0.717) is 0 Å². The summed E-state index contributed by atoms with van der Waals surface area (Å²) >= 11 is 8.10. The summed E-state index contributed by atoms with van der Waals surface area (Å²) in [5.74, 6) is 0.280. The quantitative estimate of drug-likeness (QED) is 0.168. The summed E-state index contributed by atoms with van der Waals surface area (Å²) in [6.45, 7) is 10.3. The number of hydrogen-bond acceptors (Lipinski definition) is 2. The lowest BCUT2D eigenvalue weighted by Gasteiger charge is -2.44. The van der Waals surface area contributed by atoms with Crippen LogP contribution in [0.4, 0.5) is 5.69 Å². The van der Waals surface area contributed by atoms with Crippen molar-refractivity contribution in [2.75, 3.05) is 4.90 Å². The summed E-state index contributed by atoms with van der Waals surface area (Å²) in [7, 11) is 0. The summed E-state index contributed by atoms with van der Waals surface area (Å²) in [6, 6.07) is 36.9. The molecule has 2 unspecified atom stereocenters. The molecule has 0 amide bonds. The number of para-hydroxylation sites is 1. The number of benzene rings is 5. The molecule has 2 atom stereocenters. The van der Waals surface area contributed by atoms with Crippen LogP contribution in [0.2, 0.25) is 0 Å².